The van der Waals surface area contributed by atoms with Gasteiger partial charge in [0, 0.05) is 19.3 Å². The van der Waals surface area contributed by atoms with Crippen molar-refractivity contribution in [3.8, 4) is 0 Å². The van der Waals surface area contributed by atoms with Crippen LogP contribution in [-0.2, 0) is 28.6 Å². The smallest absolute Gasteiger partial charge is 0.306 e. The Morgan fingerprint density at radius 1 is 0.241 bits per heavy atom. The largest absolute Gasteiger partial charge is 0.462 e. The van der Waals surface area contributed by atoms with Gasteiger partial charge in [-0.3, -0.25) is 14.4 Å². The molecule has 0 spiro atoms. The van der Waals surface area contributed by atoms with E-state index in [-0.39, 0.29) is 37.5 Å². The molecule has 83 heavy (non-hydrogen) atoms. The zero-order chi connectivity index (χ0) is 59.9. The summed E-state index contributed by atoms with van der Waals surface area (Å²) in [4.78, 5) is 38.4. The highest BCUT2D eigenvalue weighted by atomic mass is 16.6. The first kappa shape index (κ1) is 77.8. The summed E-state index contributed by atoms with van der Waals surface area (Å²) in [7, 11) is 0. The number of unbranched alkanes of at least 4 members (excludes halogenated alkanes) is 20. The lowest BCUT2D eigenvalue weighted by molar-refractivity contribution is -0.167. The van der Waals surface area contributed by atoms with Crippen molar-refractivity contribution in [1.29, 1.82) is 0 Å². The quantitative estimate of drug-likeness (QED) is 0.0261. The standard InChI is InChI=1S/C77H122O6/c1-4-7-10-13-16-19-22-25-28-31-33-35-36-37-38-39-40-42-43-46-49-52-55-58-61-64-67-70-76(79)82-73-74(72-81-75(78)69-66-63-60-57-54-51-48-45-30-27-24-21-18-15-12-9-6-3)83-77(80)71-68-65-62-59-56-53-50-47-44-41-34-32-29-26-23-20-17-14-11-8-5-2/h7-12,16-21,25-30,33-35,41,47-48,50-51,56,59,74H,4-6,13-15,22-24,31-32,36-40,42-46,49,52-55,57-58,60-73H2,1-3H3/b10-7-,11-8-,12-9-,19-16-,20-17-,21-18-,28-25-,29-26-,30-27-,35-33-,41-34-,50-47-,51-48-,59-56-. The third kappa shape index (κ3) is 67.4. The third-order valence-electron chi connectivity index (χ3n) is 13.7. The van der Waals surface area contributed by atoms with Gasteiger partial charge in [0.2, 0.25) is 0 Å². The van der Waals surface area contributed by atoms with Gasteiger partial charge in [-0.05, 0) is 148 Å². The van der Waals surface area contributed by atoms with Crippen molar-refractivity contribution in [1.82, 2.24) is 0 Å². The summed E-state index contributed by atoms with van der Waals surface area (Å²) in [5, 5.41) is 0. The molecule has 1 unspecified atom stereocenters. The van der Waals surface area contributed by atoms with Crippen LogP contribution in [0.25, 0.3) is 0 Å². The molecular weight excluding hydrogens is 1020 g/mol. The van der Waals surface area contributed by atoms with Gasteiger partial charge in [0.15, 0.2) is 6.10 Å². The molecule has 0 aliphatic carbocycles. The van der Waals surface area contributed by atoms with E-state index in [1.165, 1.54) is 77.0 Å². The van der Waals surface area contributed by atoms with Crippen LogP contribution >= 0.6 is 0 Å². The normalized spacial score (nSPS) is 13.2. The maximum atomic E-state index is 12.9. The molecule has 1 atom stereocenters. The summed E-state index contributed by atoms with van der Waals surface area (Å²) in [5.74, 6) is -0.981. The van der Waals surface area contributed by atoms with Crippen LogP contribution in [0.4, 0.5) is 0 Å². The maximum absolute atomic E-state index is 12.9. The summed E-state index contributed by atoms with van der Waals surface area (Å²) in [5.41, 5.74) is 0. The average molecular weight is 1140 g/mol. The van der Waals surface area contributed by atoms with Gasteiger partial charge in [0.05, 0.1) is 0 Å². The Hall–Kier alpha value is -5.23. The predicted molar refractivity (Wildman–Crippen MR) is 361 cm³/mol. The summed E-state index contributed by atoms with van der Waals surface area (Å²) < 4.78 is 16.9. The van der Waals surface area contributed by atoms with E-state index >= 15 is 0 Å². The summed E-state index contributed by atoms with van der Waals surface area (Å²) >= 11 is 0. The highest BCUT2D eigenvalue weighted by Gasteiger charge is 2.19. The molecule has 0 saturated carbocycles. The Morgan fingerprint density at radius 2 is 0.434 bits per heavy atom. The number of ether oxygens (including phenoxy) is 3. The molecule has 0 aliphatic rings. The molecule has 0 amide bonds. The highest BCUT2D eigenvalue weighted by Crippen LogP contribution is 2.15. The summed E-state index contributed by atoms with van der Waals surface area (Å²) in [6.07, 6.45) is 102. The van der Waals surface area contributed by atoms with Crippen LogP contribution in [0.1, 0.15) is 278 Å². The van der Waals surface area contributed by atoms with E-state index in [2.05, 4.69) is 191 Å². The monoisotopic (exact) mass is 1140 g/mol. The minimum atomic E-state index is -0.822. The van der Waals surface area contributed by atoms with E-state index in [0.717, 1.165) is 154 Å². The van der Waals surface area contributed by atoms with Crippen LogP contribution in [0.2, 0.25) is 0 Å². The molecule has 0 aromatic rings. The van der Waals surface area contributed by atoms with Crippen molar-refractivity contribution in [3.05, 3.63) is 170 Å². The number of carbonyl (C=O) groups is 3. The number of allylic oxidation sites excluding steroid dienone is 28. The molecule has 0 fully saturated rings. The Labute approximate surface area is 511 Å². The number of hydrogen-bond donors (Lipinski definition) is 0. The van der Waals surface area contributed by atoms with Gasteiger partial charge >= 0.3 is 17.9 Å². The highest BCUT2D eigenvalue weighted by molar-refractivity contribution is 5.71. The van der Waals surface area contributed by atoms with Crippen molar-refractivity contribution < 1.29 is 28.6 Å². The number of rotatable bonds is 59. The van der Waals surface area contributed by atoms with E-state index in [1.807, 2.05) is 0 Å². The molecule has 0 aromatic carbocycles. The first-order valence-corrected chi connectivity index (χ1v) is 33.6. The number of esters is 3. The molecule has 0 rings (SSSR count). The molecule has 0 aliphatic heterocycles. The molecular formula is C77H122O6. The number of carbonyl (C=O) groups excluding carboxylic acids is 3. The van der Waals surface area contributed by atoms with Gasteiger partial charge in [0.1, 0.15) is 13.2 Å². The Kier molecular flexibility index (Phi) is 64.9. The van der Waals surface area contributed by atoms with Gasteiger partial charge < -0.3 is 14.2 Å². The SMILES string of the molecule is CC/C=C\C/C=C\C/C=C\C/C=C\C/C=C\C/C=C\CCCCC(=O)OC(COC(=O)CCCCCC/C=C\C/C=C\C/C=C\C/C=C\CC)COC(=O)CCCCCCCCCCCCCCCC/C=C\C/C=C\C/C=C\C/C=C\CC. The topological polar surface area (TPSA) is 78.9 Å². The average Bonchev–Trinajstić information content (AvgIpc) is 3.50. The van der Waals surface area contributed by atoms with Crippen LogP contribution < -0.4 is 0 Å². The van der Waals surface area contributed by atoms with Crippen molar-refractivity contribution in [2.24, 2.45) is 0 Å². The second-order valence-electron chi connectivity index (χ2n) is 21.6. The summed E-state index contributed by atoms with van der Waals surface area (Å²) in [6.45, 7) is 6.25. The van der Waals surface area contributed by atoms with E-state index in [9.17, 15) is 14.4 Å². The van der Waals surface area contributed by atoms with Crippen molar-refractivity contribution in [3.63, 3.8) is 0 Å². The van der Waals surface area contributed by atoms with Gasteiger partial charge in [-0.25, -0.2) is 0 Å². The van der Waals surface area contributed by atoms with E-state index < -0.39 is 6.10 Å². The molecule has 466 valence electrons. The Bertz CT molecular complexity index is 1890. The van der Waals surface area contributed by atoms with Crippen molar-refractivity contribution in [2.75, 3.05) is 13.2 Å². The first-order chi connectivity index (χ1) is 41.0. The van der Waals surface area contributed by atoms with Crippen LogP contribution in [0.5, 0.6) is 0 Å². The van der Waals surface area contributed by atoms with Gasteiger partial charge in [-0.15, -0.1) is 0 Å². The molecule has 6 nitrogen and oxygen atoms in total. The lowest BCUT2D eigenvalue weighted by Crippen LogP contribution is -2.30. The molecule has 6 heteroatoms. The lowest BCUT2D eigenvalue weighted by Gasteiger charge is -2.18. The minimum absolute atomic E-state index is 0.111. The van der Waals surface area contributed by atoms with Crippen LogP contribution in [0.15, 0.2) is 170 Å². The van der Waals surface area contributed by atoms with Gasteiger partial charge in [-0.1, -0.05) is 281 Å². The third-order valence-corrected chi connectivity index (χ3v) is 13.7. The fourth-order valence-corrected chi connectivity index (χ4v) is 8.78. The van der Waals surface area contributed by atoms with Gasteiger partial charge in [-0.2, -0.15) is 0 Å². The zero-order valence-corrected chi connectivity index (χ0v) is 53.4. The fraction of sp³-hybridized carbons (Fsp3) is 0.597. The predicted octanol–water partition coefficient (Wildman–Crippen LogP) is 23.4. The van der Waals surface area contributed by atoms with Gasteiger partial charge in [0.25, 0.3) is 0 Å². The van der Waals surface area contributed by atoms with E-state index in [0.29, 0.717) is 19.3 Å². The Balaban J connectivity index is 4.46. The minimum Gasteiger partial charge on any atom is -0.462 e. The van der Waals surface area contributed by atoms with E-state index in [4.69, 9.17) is 14.2 Å². The van der Waals surface area contributed by atoms with Crippen LogP contribution in [0, 0.1) is 0 Å². The van der Waals surface area contributed by atoms with Crippen LogP contribution in [-0.4, -0.2) is 37.2 Å². The van der Waals surface area contributed by atoms with Crippen molar-refractivity contribution >= 4 is 17.9 Å². The first-order valence-electron chi connectivity index (χ1n) is 33.6. The van der Waals surface area contributed by atoms with Crippen LogP contribution in [0.3, 0.4) is 0 Å². The second kappa shape index (κ2) is 69.3. The number of hydrogen-bond acceptors (Lipinski definition) is 6. The molecule has 0 radical (unpaired) electrons. The fourth-order valence-electron chi connectivity index (χ4n) is 8.78. The Morgan fingerprint density at radius 3 is 0.699 bits per heavy atom. The lowest BCUT2D eigenvalue weighted by atomic mass is 10.0. The van der Waals surface area contributed by atoms with E-state index in [1.54, 1.807) is 0 Å². The molecule has 0 bridgehead atoms. The maximum Gasteiger partial charge on any atom is 0.306 e. The molecule has 0 N–H and O–H groups in total. The molecule has 0 saturated heterocycles. The van der Waals surface area contributed by atoms with Crippen molar-refractivity contribution in [2.45, 2.75) is 284 Å². The summed E-state index contributed by atoms with van der Waals surface area (Å²) in [6, 6.07) is 0. The zero-order valence-electron chi connectivity index (χ0n) is 53.4. The molecule has 0 heterocycles. The molecule has 0 aromatic heterocycles. The second-order valence-corrected chi connectivity index (χ2v) is 21.6.